The van der Waals surface area contributed by atoms with Gasteiger partial charge in [-0.1, -0.05) is 0 Å². The fraction of sp³-hybridized carbons (Fsp3) is 0.333. The number of rotatable bonds is 2. The first-order valence-corrected chi connectivity index (χ1v) is 2.34. The molecule has 0 fully saturated rings. The van der Waals surface area contributed by atoms with Gasteiger partial charge in [-0.05, 0) is 6.92 Å². The van der Waals surface area contributed by atoms with Crippen molar-refractivity contribution in [3.8, 4) is 0 Å². The van der Waals surface area contributed by atoms with E-state index in [-0.39, 0.29) is 12.2 Å². The zero-order chi connectivity index (χ0) is 7.86. The number of carboxylic acids is 1. The zero-order valence-electron chi connectivity index (χ0n) is 5.39. The summed E-state index contributed by atoms with van der Waals surface area (Å²) in [5, 5.41) is 7.86. The number of hydrogen-bond donors (Lipinski definition) is 1. The Bertz CT molecular complexity index is 94.9. The Kier molecular flexibility index (Phi) is 8.25. The summed E-state index contributed by atoms with van der Waals surface area (Å²) in [5.74, 6) is -1.37. The number of Topliss-reactive ketones (excluding diaryl/α,β-unsaturated/α-hetero) is 1. The summed E-state index contributed by atoms with van der Waals surface area (Å²) in [5.41, 5.74) is 0. The van der Waals surface area contributed by atoms with E-state index < -0.39 is 5.97 Å². The van der Waals surface area contributed by atoms with Crippen LogP contribution in [0, 0.1) is 0 Å². The van der Waals surface area contributed by atoms with Crippen LogP contribution in [0.25, 0.3) is 0 Å². The van der Waals surface area contributed by atoms with E-state index >= 15 is 0 Å². The van der Waals surface area contributed by atoms with Crippen molar-refractivity contribution in [3.05, 3.63) is 13.2 Å². The van der Waals surface area contributed by atoms with E-state index in [1.165, 1.54) is 6.92 Å². The molecule has 0 aliphatic rings. The third kappa shape index (κ3) is 19.8. The second kappa shape index (κ2) is 6.88. The average Bonchev–Trinajstić information content (AvgIpc) is 1.68. The molecule has 0 aromatic rings. The summed E-state index contributed by atoms with van der Waals surface area (Å²) in [6, 6.07) is 0. The lowest BCUT2D eigenvalue weighted by Crippen LogP contribution is -2.00. The predicted octanol–water partition coefficient (Wildman–Crippen LogP) is 0.852. The molecule has 0 unspecified atom stereocenters. The van der Waals surface area contributed by atoms with Crippen LogP contribution in [0.4, 0.5) is 0 Å². The topological polar surface area (TPSA) is 54.4 Å². The van der Waals surface area contributed by atoms with E-state index in [4.69, 9.17) is 5.11 Å². The minimum atomic E-state index is -1.06. The molecule has 0 aromatic carbocycles. The van der Waals surface area contributed by atoms with Crippen LogP contribution in [0.3, 0.4) is 0 Å². The summed E-state index contributed by atoms with van der Waals surface area (Å²) in [6.45, 7) is 7.24. The summed E-state index contributed by atoms with van der Waals surface area (Å²) in [7, 11) is 0. The van der Waals surface area contributed by atoms with Crippen molar-refractivity contribution in [3.63, 3.8) is 0 Å². The van der Waals surface area contributed by atoms with Gasteiger partial charge < -0.3 is 5.11 Å². The second-order valence-electron chi connectivity index (χ2n) is 1.27. The zero-order valence-corrected chi connectivity index (χ0v) is 5.39. The number of hydrogen-bond acceptors (Lipinski definition) is 2. The molecule has 0 aliphatic carbocycles. The summed E-state index contributed by atoms with van der Waals surface area (Å²) in [4.78, 5) is 19.5. The van der Waals surface area contributed by atoms with E-state index in [2.05, 4.69) is 13.2 Å². The van der Waals surface area contributed by atoms with Crippen LogP contribution in [-0.2, 0) is 9.59 Å². The molecular formula is C6H10O3. The molecule has 0 aliphatic heterocycles. The number of carbonyl (C=O) groups excluding carboxylic acids is 1. The maximum atomic E-state index is 9.87. The summed E-state index contributed by atoms with van der Waals surface area (Å²) >= 11 is 0. The highest BCUT2D eigenvalue weighted by Gasteiger charge is 1.98. The Balaban J connectivity index is 0. The van der Waals surface area contributed by atoms with E-state index in [0.717, 1.165) is 0 Å². The van der Waals surface area contributed by atoms with Crippen LogP contribution in [-0.4, -0.2) is 16.9 Å². The summed E-state index contributed by atoms with van der Waals surface area (Å²) in [6.07, 6.45) is -0.361. The Morgan fingerprint density at radius 1 is 1.44 bits per heavy atom. The standard InChI is InChI=1S/C4H6O3.C2H4/c1-3(5)2-4(6)7;1-2/h2H2,1H3,(H,6,7);1-2H2. The second-order valence-corrected chi connectivity index (χ2v) is 1.27. The predicted molar refractivity (Wildman–Crippen MR) is 34.2 cm³/mol. The van der Waals surface area contributed by atoms with Gasteiger partial charge in [0.15, 0.2) is 0 Å². The van der Waals surface area contributed by atoms with Gasteiger partial charge in [-0.3, -0.25) is 9.59 Å². The van der Waals surface area contributed by atoms with Gasteiger partial charge in [0.1, 0.15) is 12.2 Å². The van der Waals surface area contributed by atoms with Gasteiger partial charge in [0.25, 0.3) is 0 Å². The molecule has 0 radical (unpaired) electrons. The molecule has 9 heavy (non-hydrogen) atoms. The largest absolute Gasteiger partial charge is 0.481 e. The lowest BCUT2D eigenvalue weighted by molar-refractivity contribution is -0.139. The van der Waals surface area contributed by atoms with Gasteiger partial charge in [0, 0.05) is 0 Å². The molecular weight excluding hydrogens is 120 g/mol. The minimum Gasteiger partial charge on any atom is -0.481 e. The van der Waals surface area contributed by atoms with Crippen LogP contribution in [0.2, 0.25) is 0 Å². The van der Waals surface area contributed by atoms with Gasteiger partial charge in [0.2, 0.25) is 0 Å². The molecule has 0 saturated carbocycles. The average molecular weight is 130 g/mol. The van der Waals surface area contributed by atoms with Gasteiger partial charge >= 0.3 is 5.97 Å². The van der Waals surface area contributed by atoms with Gasteiger partial charge in [-0.25, -0.2) is 0 Å². The third-order valence-corrected chi connectivity index (χ3v) is 0.400. The Labute approximate surface area is 54.0 Å². The van der Waals surface area contributed by atoms with E-state index in [1.807, 2.05) is 0 Å². The molecule has 0 aromatic heterocycles. The van der Waals surface area contributed by atoms with Crippen molar-refractivity contribution in [2.24, 2.45) is 0 Å². The molecule has 52 valence electrons. The SMILES string of the molecule is C=C.CC(=O)CC(=O)O. The first-order chi connectivity index (χ1) is 4.13. The van der Waals surface area contributed by atoms with Crippen molar-refractivity contribution in [1.82, 2.24) is 0 Å². The van der Waals surface area contributed by atoms with Crippen molar-refractivity contribution >= 4 is 11.8 Å². The maximum absolute atomic E-state index is 9.87. The Morgan fingerprint density at radius 2 is 1.78 bits per heavy atom. The highest BCUT2D eigenvalue weighted by molar-refractivity contribution is 5.93. The smallest absolute Gasteiger partial charge is 0.310 e. The molecule has 0 amide bonds. The quantitative estimate of drug-likeness (QED) is 0.445. The minimum absolute atomic E-state index is 0.312. The molecule has 3 nitrogen and oxygen atoms in total. The summed E-state index contributed by atoms with van der Waals surface area (Å²) < 4.78 is 0. The van der Waals surface area contributed by atoms with Crippen molar-refractivity contribution < 1.29 is 14.7 Å². The van der Waals surface area contributed by atoms with Crippen molar-refractivity contribution in [1.29, 1.82) is 0 Å². The van der Waals surface area contributed by atoms with Gasteiger partial charge in [-0.15, -0.1) is 13.2 Å². The molecule has 0 atom stereocenters. The molecule has 0 spiro atoms. The molecule has 0 saturated heterocycles. The first-order valence-electron chi connectivity index (χ1n) is 2.34. The fourth-order valence-corrected chi connectivity index (χ4v) is 0.213. The monoisotopic (exact) mass is 130 g/mol. The van der Waals surface area contributed by atoms with E-state index in [9.17, 15) is 9.59 Å². The Hall–Kier alpha value is -1.12. The molecule has 0 heterocycles. The van der Waals surface area contributed by atoms with Crippen molar-refractivity contribution in [2.75, 3.05) is 0 Å². The third-order valence-electron chi connectivity index (χ3n) is 0.400. The number of aliphatic carboxylic acids is 1. The van der Waals surface area contributed by atoms with E-state index in [0.29, 0.717) is 0 Å². The highest BCUT2D eigenvalue weighted by atomic mass is 16.4. The first kappa shape index (κ1) is 10.8. The van der Waals surface area contributed by atoms with Crippen LogP contribution >= 0.6 is 0 Å². The van der Waals surface area contributed by atoms with Crippen LogP contribution in [0.1, 0.15) is 13.3 Å². The van der Waals surface area contributed by atoms with E-state index in [1.54, 1.807) is 0 Å². The maximum Gasteiger partial charge on any atom is 0.310 e. The molecule has 3 heteroatoms. The fourth-order valence-electron chi connectivity index (χ4n) is 0.213. The van der Waals surface area contributed by atoms with Crippen LogP contribution < -0.4 is 0 Å². The molecule has 0 rings (SSSR count). The van der Waals surface area contributed by atoms with Gasteiger partial charge in [0.05, 0.1) is 0 Å². The molecule has 0 bridgehead atoms. The van der Waals surface area contributed by atoms with Crippen LogP contribution in [0.15, 0.2) is 13.2 Å². The highest BCUT2D eigenvalue weighted by Crippen LogP contribution is 1.77. The number of carboxylic acid groups (broad SMARTS) is 1. The lowest BCUT2D eigenvalue weighted by Gasteiger charge is -1.80. The van der Waals surface area contributed by atoms with Crippen molar-refractivity contribution in [2.45, 2.75) is 13.3 Å². The molecule has 1 N–H and O–H groups in total. The lowest BCUT2D eigenvalue weighted by atomic mass is 10.3. The number of ketones is 1. The number of carbonyl (C=O) groups is 2. The van der Waals surface area contributed by atoms with Crippen LogP contribution in [0.5, 0.6) is 0 Å². The normalized spacial score (nSPS) is 6.78. The van der Waals surface area contributed by atoms with Gasteiger partial charge in [-0.2, -0.15) is 0 Å². The Morgan fingerprint density at radius 3 is 1.78 bits per heavy atom.